The number of rotatable bonds is 4. The molecule has 6 heteroatoms. The van der Waals surface area contributed by atoms with E-state index < -0.39 is 5.97 Å². The minimum absolute atomic E-state index is 0.0723. The highest BCUT2D eigenvalue weighted by molar-refractivity contribution is 6.33. The molecule has 0 aliphatic carbocycles. The zero-order chi connectivity index (χ0) is 18.8. The first kappa shape index (κ1) is 17.8. The molecule has 2 aromatic carbocycles. The van der Waals surface area contributed by atoms with Gasteiger partial charge in [0.25, 0.3) is 5.56 Å². The van der Waals surface area contributed by atoms with Crippen LogP contribution in [0.15, 0.2) is 47.3 Å². The van der Waals surface area contributed by atoms with E-state index in [0.29, 0.717) is 16.3 Å². The van der Waals surface area contributed by atoms with Crippen molar-refractivity contribution in [1.29, 1.82) is 0 Å². The van der Waals surface area contributed by atoms with Crippen molar-refractivity contribution in [3.63, 3.8) is 0 Å². The lowest BCUT2D eigenvalue weighted by molar-refractivity contribution is 0.0697. The zero-order valence-corrected chi connectivity index (χ0v) is 14.9. The van der Waals surface area contributed by atoms with E-state index in [1.54, 1.807) is 12.1 Å². The van der Waals surface area contributed by atoms with Crippen LogP contribution in [0.25, 0.3) is 18.3 Å². The van der Waals surface area contributed by atoms with Crippen LogP contribution >= 0.6 is 11.6 Å². The van der Waals surface area contributed by atoms with E-state index in [9.17, 15) is 14.7 Å². The second-order valence-corrected chi connectivity index (χ2v) is 6.26. The number of aryl methyl sites for hydroxylation is 1. The summed E-state index contributed by atoms with van der Waals surface area (Å²) in [4.78, 5) is 24.0. The predicted molar refractivity (Wildman–Crippen MR) is 103 cm³/mol. The lowest BCUT2D eigenvalue weighted by atomic mass is 10.1. The van der Waals surface area contributed by atoms with Crippen molar-refractivity contribution in [2.45, 2.75) is 13.3 Å². The second-order valence-electron chi connectivity index (χ2n) is 5.85. The van der Waals surface area contributed by atoms with Gasteiger partial charge in [-0.15, -0.1) is 0 Å². The van der Waals surface area contributed by atoms with Crippen LogP contribution in [0.5, 0.6) is 0 Å². The molecule has 1 heterocycles. The SMILES string of the molecule is C=c1[nH]n(-c2ccc(Cl)c(C(=O)O)c2)c(=O)/c1=C/c1ccc(CC)cc1. The summed E-state index contributed by atoms with van der Waals surface area (Å²) in [5, 5.41) is 13.1. The number of benzene rings is 2. The maximum Gasteiger partial charge on any atom is 0.337 e. The molecule has 0 bridgehead atoms. The molecule has 0 radical (unpaired) electrons. The van der Waals surface area contributed by atoms with Crippen molar-refractivity contribution in [2.24, 2.45) is 0 Å². The number of carboxylic acid groups (broad SMARTS) is 1. The largest absolute Gasteiger partial charge is 0.478 e. The summed E-state index contributed by atoms with van der Waals surface area (Å²) in [5.74, 6) is -1.16. The van der Waals surface area contributed by atoms with Gasteiger partial charge in [0.05, 0.1) is 26.8 Å². The van der Waals surface area contributed by atoms with Crippen molar-refractivity contribution in [1.82, 2.24) is 9.78 Å². The first-order valence-corrected chi connectivity index (χ1v) is 8.42. The van der Waals surface area contributed by atoms with E-state index in [0.717, 1.165) is 12.0 Å². The number of carbonyl (C=O) groups is 1. The number of carboxylic acids is 1. The van der Waals surface area contributed by atoms with Gasteiger partial charge in [-0.05, 0) is 41.8 Å². The molecule has 1 aromatic heterocycles. The van der Waals surface area contributed by atoms with E-state index in [-0.39, 0.29) is 16.1 Å². The quantitative estimate of drug-likeness (QED) is 0.742. The van der Waals surface area contributed by atoms with Crippen LogP contribution in [0.1, 0.15) is 28.4 Å². The van der Waals surface area contributed by atoms with Crippen LogP contribution in [-0.4, -0.2) is 20.9 Å². The fourth-order valence-electron chi connectivity index (χ4n) is 2.66. The minimum atomic E-state index is -1.16. The van der Waals surface area contributed by atoms with Gasteiger partial charge in [-0.25, -0.2) is 9.48 Å². The number of hydrogen-bond donors (Lipinski definition) is 2. The molecule has 0 atom stereocenters. The van der Waals surface area contributed by atoms with Crippen molar-refractivity contribution < 1.29 is 9.90 Å². The fourth-order valence-corrected chi connectivity index (χ4v) is 2.86. The molecule has 0 amide bonds. The molecule has 0 spiro atoms. The Balaban J connectivity index is 2.13. The number of aromatic carboxylic acids is 1. The average Bonchev–Trinajstić information content (AvgIpc) is 2.91. The molecule has 0 unspecified atom stereocenters. The van der Waals surface area contributed by atoms with Crippen LogP contribution in [0.3, 0.4) is 0 Å². The Morgan fingerprint density at radius 1 is 1.27 bits per heavy atom. The summed E-state index contributed by atoms with van der Waals surface area (Å²) in [6.45, 7) is 5.96. The molecule has 2 N–H and O–H groups in total. The van der Waals surface area contributed by atoms with E-state index in [1.807, 2.05) is 24.3 Å². The normalized spacial score (nSPS) is 11.7. The third kappa shape index (κ3) is 3.34. The monoisotopic (exact) mass is 368 g/mol. The lowest BCUT2D eigenvalue weighted by Gasteiger charge is -2.04. The van der Waals surface area contributed by atoms with Crippen molar-refractivity contribution in [3.8, 4) is 5.69 Å². The molecule has 132 valence electrons. The van der Waals surface area contributed by atoms with Gasteiger partial charge in [0.1, 0.15) is 0 Å². The Labute approximate surface area is 154 Å². The van der Waals surface area contributed by atoms with E-state index in [4.69, 9.17) is 11.6 Å². The molecule has 26 heavy (non-hydrogen) atoms. The van der Waals surface area contributed by atoms with Crippen molar-refractivity contribution in [2.75, 3.05) is 0 Å². The Kier molecular flexibility index (Phi) is 4.82. The number of hydrogen-bond acceptors (Lipinski definition) is 2. The van der Waals surface area contributed by atoms with Crippen LogP contribution in [-0.2, 0) is 6.42 Å². The maximum atomic E-state index is 12.8. The molecule has 0 saturated heterocycles. The predicted octanol–water partition coefficient (Wildman–Crippen LogP) is 2.32. The van der Waals surface area contributed by atoms with E-state index >= 15 is 0 Å². The van der Waals surface area contributed by atoms with Crippen LogP contribution in [0.4, 0.5) is 0 Å². The zero-order valence-electron chi connectivity index (χ0n) is 14.1. The van der Waals surface area contributed by atoms with Crippen molar-refractivity contribution in [3.05, 3.63) is 85.1 Å². The fraction of sp³-hybridized carbons (Fsp3) is 0.100. The standard InChI is InChI=1S/C20H17ClN2O3/c1-3-13-4-6-14(7-5-13)10-16-12(2)22-23(19(16)24)15-8-9-18(21)17(11-15)20(25)26/h4-11,22H,2-3H2,1H3,(H,25,26)/b16-10+. The smallest absolute Gasteiger partial charge is 0.337 e. The first-order valence-electron chi connectivity index (χ1n) is 8.04. The summed E-state index contributed by atoms with van der Waals surface area (Å²) >= 11 is 5.89. The van der Waals surface area contributed by atoms with Crippen LogP contribution in [0.2, 0.25) is 5.02 Å². The molecule has 0 saturated carbocycles. The van der Waals surface area contributed by atoms with Gasteiger partial charge in [-0.3, -0.25) is 9.89 Å². The highest BCUT2D eigenvalue weighted by atomic mass is 35.5. The van der Waals surface area contributed by atoms with Crippen LogP contribution < -0.4 is 16.1 Å². The molecule has 0 aliphatic rings. The third-order valence-electron chi connectivity index (χ3n) is 4.14. The number of nitrogens with one attached hydrogen (secondary N) is 1. The van der Waals surface area contributed by atoms with Gasteiger partial charge in [0.2, 0.25) is 0 Å². The summed E-state index contributed by atoms with van der Waals surface area (Å²) in [7, 11) is 0. The third-order valence-corrected chi connectivity index (χ3v) is 4.47. The molecule has 0 fully saturated rings. The van der Waals surface area contributed by atoms with E-state index in [2.05, 4.69) is 18.6 Å². The topological polar surface area (TPSA) is 75.1 Å². The lowest BCUT2D eigenvalue weighted by Crippen LogP contribution is -2.34. The number of H-pyrrole nitrogens is 1. The Bertz CT molecular complexity index is 1140. The second kappa shape index (κ2) is 7.06. The average molecular weight is 369 g/mol. The number of nitrogens with zero attached hydrogens (tertiary/aromatic N) is 1. The first-order chi connectivity index (χ1) is 12.4. The molecule has 3 aromatic rings. The minimum Gasteiger partial charge on any atom is -0.478 e. The highest BCUT2D eigenvalue weighted by Crippen LogP contribution is 2.18. The molecular weight excluding hydrogens is 352 g/mol. The van der Waals surface area contributed by atoms with Gasteiger partial charge in [-0.1, -0.05) is 49.4 Å². The van der Waals surface area contributed by atoms with Gasteiger partial charge in [0.15, 0.2) is 0 Å². The van der Waals surface area contributed by atoms with Gasteiger partial charge in [0, 0.05) is 0 Å². The number of halogens is 1. The van der Waals surface area contributed by atoms with Gasteiger partial charge in [-0.2, -0.15) is 0 Å². The maximum absolute atomic E-state index is 12.8. The molecule has 5 nitrogen and oxygen atoms in total. The van der Waals surface area contributed by atoms with Gasteiger partial charge < -0.3 is 5.11 Å². The molecule has 3 rings (SSSR count). The Morgan fingerprint density at radius 2 is 1.96 bits per heavy atom. The summed E-state index contributed by atoms with van der Waals surface area (Å²) in [6, 6.07) is 12.3. The Morgan fingerprint density at radius 3 is 2.58 bits per heavy atom. The molecular formula is C20H17ClN2O3. The number of aromatic amines is 1. The van der Waals surface area contributed by atoms with Gasteiger partial charge >= 0.3 is 5.97 Å². The summed E-state index contributed by atoms with van der Waals surface area (Å²) in [5.41, 5.74) is 2.09. The molecule has 0 aliphatic heterocycles. The summed E-state index contributed by atoms with van der Waals surface area (Å²) in [6.07, 6.45) is 2.70. The number of aromatic nitrogens is 2. The highest BCUT2D eigenvalue weighted by Gasteiger charge is 2.12. The Hall–Kier alpha value is -3.05. The van der Waals surface area contributed by atoms with Crippen molar-refractivity contribution >= 4 is 30.2 Å². The summed E-state index contributed by atoms with van der Waals surface area (Å²) < 4.78 is 1.26. The van der Waals surface area contributed by atoms with Crippen LogP contribution in [0, 0.1) is 0 Å². The van der Waals surface area contributed by atoms with E-state index in [1.165, 1.54) is 22.4 Å².